The number of amides is 1. The Morgan fingerprint density at radius 1 is 1.35 bits per heavy atom. The third-order valence-corrected chi connectivity index (χ3v) is 4.53. The zero-order chi connectivity index (χ0) is 16.9. The van der Waals surface area contributed by atoms with E-state index >= 15 is 0 Å². The summed E-state index contributed by atoms with van der Waals surface area (Å²) >= 11 is 0. The highest BCUT2D eigenvalue weighted by atomic mass is 16.5. The standard InChI is InChI=1S/C18H28N2O3/c1-13(23-15-9-7-14(22-3)8-10-15)12-20-17(21)16-6-4-5-11-18(16,2)19/h7-10,13,16H,4-6,11-12,19H2,1-3H3,(H,20,21). The van der Waals surface area contributed by atoms with E-state index in [4.69, 9.17) is 15.2 Å². The zero-order valence-electron chi connectivity index (χ0n) is 14.3. The number of rotatable bonds is 6. The maximum absolute atomic E-state index is 12.4. The molecule has 1 amide bonds. The maximum Gasteiger partial charge on any atom is 0.225 e. The average molecular weight is 320 g/mol. The number of methoxy groups -OCH3 is 1. The first-order valence-corrected chi connectivity index (χ1v) is 8.29. The summed E-state index contributed by atoms with van der Waals surface area (Å²) in [6.45, 7) is 4.39. The summed E-state index contributed by atoms with van der Waals surface area (Å²) in [5.74, 6) is 1.48. The molecule has 0 spiro atoms. The number of ether oxygens (including phenoxy) is 2. The van der Waals surface area contributed by atoms with E-state index in [1.54, 1.807) is 7.11 Å². The average Bonchev–Trinajstić information content (AvgIpc) is 2.53. The first-order chi connectivity index (χ1) is 10.9. The predicted molar refractivity (Wildman–Crippen MR) is 90.6 cm³/mol. The summed E-state index contributed by atoms with van der Waals surface area (Å²) in [6.07, 6.45) is 3.84. The van der Waals surface area contributed by atoms with Gasteiger partial charge in [0.05, 0.1) is 19.6 Å². The fraction of sp³-hybridized carbons (Fsp3) is 0.611. The van der Waals surface area contributed by atoms with Gasteiger partial charge in [0.2, 0.25) is 5.91 Å². The van der Waals surface area contributed by atoms with Gasteiger partial charge in [-0.2, -0.15) is 0 Å². The van der Waals surface area contributed by atoms with Crippen LogP contribution in [0.1, 0.15) is 39.5 Å². The summed E-state index contributed by atoms with van der Waals surface area (Å²) in [4.78, 5) is 12.4. The second-order valence-corrected chi connectivity index (χ2v) is 6.65. The first kappa shape index (κ1) is 17.6. The Bertz CT molecular complexity index is 514. The van der Waals surface area contributed by atoms with Crippen LogP contribution in [0.4, 0.5) is 0 Å². The molecule has 1 aromatic rings. The van der Waals surface area contributed by atoms with Crippen molar-refractivity contribution in [2.45, 2.75) is 51.2 Å². The smallest absolute Gasteiger partial charge is 0.225 e. The second-order valence-electron chi connectivity index (χ2n) is 6.65. The van der Waals surface area contributed by atoms with Crippen molar-refractivity contribution in [3.05, 3.63) is 24.3 Å². The molecule has 3 N–H and O–H groups in total. The molecule has 1 saturated carbocycles. The Labute approximate surface area is 138 Å². The molecule has 1 aliphatic rings. The Hall–Kier alpha value is -1.75. The molecular weight excluding hydrogens is 292 g/mol. The Morgan fingerprint density at radius 3 is 2.61 bits per heavy atom. The van der Waals surface area contributed by atoms with Gasteiger partial charge < -0.3 is 20.5 Å². The summed E-state index contributed by atoms with van der Waals surface area (Å²) in [5.41, 5.74) is 5.88. The van der Waals surface area contributed by atoms with E-state index in [9.17, 15) is 4.79 Å². The molecule has 1 aliphatic carbocycles. The van der Waals surface area contributed by atoms with E-state index < -0.39 is 5.54 Å². The molecule has 0 bridgehead atoms. The molecule has 1 fully saturated rings. The number of nitrogens with one attached hydrogen (secondary N) is 1. The fourth-order valence-corrected chi connectivity index (χ4v) is 3.08. The molecule has 0 radical (unpaired) electrons. The molecule has 0 aliphatic heterocycles. The van der Waals surface area contributed by atoms with Gasteiger partial charge in [-0.25, -0.2) is 0 Å². The van der Waals surface area contributed by atoms with Crippen molar-refractivity contribution in [1.82, 2.24) is 5.32 Å². The lowest BCUT2D eigenvalue weighted by Gasteiger charge is -2.37. The number of carbonyl (C=O) groups is 1. The summed E-state index contributed by atoms with van der Waals surface area (Å²) < 4.78 is 10.9. The third kappa shape index (κ3) is 4.86. The Kier molecular flexibility index (Phi) is 5.88. The maximum atomic E-state index is 12.4. The number of benzene rings is 1. The van der Waals surface area contributed by atoms with E-state index in [2.05, 4.69) is 5.32 Å². The van der Waals surface area contributed by atoms with Crippen molar-refractivity contribution in [3.63, 3.8) is 0 Å². The summed E-state index contributed by atoms with van der Waals surface area (Å²) in [6, 6.07) is 7.41. The first-order valence-electron chi connectivity index (χ1n) is 8.29. The van der Waals surface area contributed by atoms with Gasteiger partial charge in [0.1, 0.15) is 17.6 Å². The molecule has 1 aromatic carbocycles. The van der Waals surface area contributed by atoms with E-state index in [-0.39, 0.29) is 17.9 Å². The topological polar surface area (TPSA) is 73.6 Å². The van der Waals surface area contributed by atoms with Gasteiger partial charge >= 0.3 is 0 Å². The number of hydrogen-bond donors (Lipinski definition) is 2. The minimum atomic E-state index is -0.400. The fourth-order valence-electron chi connectivity index (χ4n) is 3.08. The molecule has 5 nitrogen and oxygen atoms in total. The van der Waals surface area contributed by atoms with Crippen LogP contribution >= 0.6 is 0 Å². The lowest BCUT2D eigenvalue weighted by atomic mass is 9.74. The van der Waals surface area contributed by atoms with E-state index in [1.165, 1.54) is 0 Å². The molecule has 0 heterocycles. The minimum absolute atomic E-state index is 0.0416. The molecule has 2 rings (SSSR count). The van der Waals surface area contributed by atoms with Crippen molar-refractivity contribution in [1.29, 1.82) is 0 Å². The third-order valence-electron chi connectivity index (χ3n) is 4.53. The monoisotopic (exact) mass is 320 g/mol. The van der Waals surface area contributed by atoms with Crippen LogP contribution in [0.15, 0.2) is 24.3 Å². The Morgan fingerprint density at radius 2 is 2.00 bits per heavy atom. The van der Waals surface area contributed by atoms with Crippen LogP contribution < -0.4 is 20.5 Å². The van der Waals surface area contributed by atoms with Crippen LogP contribution in [0.3, 0.4) is 0 Å². The number of hydrogen-bond acceptors (Lipinski definition) is 4. The number of carbonyl (C=O) groups excluding carboxylic acids is 1. The summed E-state index contributed by atoms with van der Waals surface area (Å²) in [7, 11) is 1.63. The minimum Gasteiger partial charge on any atom is -0.497 e. The van der Waals surface area contributed by atoms with Crippen LogP contribution in [-0.4, -0.2) is 31.2 Å². The van der Waals surface area contributed by atoms with Gasteiger partial charge in [0, 0.05) is 5.54 Å². The van der Waals surface area contributed by atoms with Crippen LogP contribution in [0, 0.1) is 5.92 Å². The van der Waals surface area contributed by atoms with Gasteiger partial charge in [-0.05, 0) is 51.0 Å². The highest BCUT2D eigenvalue weighted by Crippen LogP contribution is 2.31. The normalized spacial score (nSPS) is 25.5. The summed E-state index contributed by atoms with van der Waals surface area (Å²) in [5, 5.41) is 2.98. The van der Waals surface area contributed by atoms with Crippen LogP contribution in [0.2, 0.25) is 0 Å². The molecule has 3 atom stereocenters. The van der Waals surface area contributed by atoms with Gasteiger partial charge in [-0.1, -0.05) is 12.8 Å². The van der Waals surface area contributed by atoms with E-state index in [0.717, 1.165) is 37.2 Å². The second kappa shape index (κ2) is 7.68. The lowest BCUT2D eigenvalue weighted by molar-refractivity contribution is -0.128. The molecule has 0 saturated heterocycles. The lowest BCUT2D eigenvalue weighted by Crippen LogP contribution is -2.53. The molecule has 5 heteroatoms. The van der Waals surface area contributed by atoms with Gasteiger partial charge in [-0.15, -0.1) is 0 Å². The van der Waals surface area contributed by atoms with Crippen molar-refractivity contribution in [3.8, 4) is 11.5 Å². The zero-order valence-corrected chi connectivity index (χ0v) is 14.3. The van der Waals surface area contributed by atoms with E-state index in [1.807, 2.05) is 38.1 Å². The SMILES string of the molecule is COc1ccc(OC(C)CNC(=O)C2CCCCC2(C)N)cc1. The predicted octanol–water partition coefficient (Wildman–Crippen LogP) is 2.49. The molecular formula is C18H28N2O3. The molecule has 0 aromatic heterocycles. The van der Waals surface area contributed by atoms with Crippen molar-refractivity contribution >= 4 is 5.91 Å². The molecule has 128 valence electrons. The van der Waals surface area contributed by atoms with Gasteiger partial charge in [0.25, 0.3) is 0 Å². The van der Waals surface area contributed by atoms with Crippen molar-refractivity contribution in [2.75, 3.05) is 13.7 Å². The number of nitrogens with two attached hydrogens (primary N) is 1. The van der Waals surface area contributed by atoms with Crippen LogP contribution in [-0.2, 0) is 4.79 Å². The molecule has 23 heavy (non-hydrogen) atoms. The van der Waals surface area contributed by atoms with Gasteiger partial charge in [0.15, 0.2) is 0 Å². The van der Waals surface area contributed by atoms with Crippen molar-refractivity contribution in [2.24, 2.45) is 11.7 Å². The Balaban J connectivity index is 1.81. The van der Waals surface area contributed by atoms with E-state index in [0.29, 0.717) is 6.54 Å². The largest absolute Gasteiger partial charge is 0.497 e. The highest BCUT2D eigenvalue weighted by molar-refractivity contribution is 5.80. The van der Waals surface area contributed by atoms with Crippen molar-refractivity contribution < 1.29 is 14.3 Å². The highest BCUT2D eigenvalue weighted by Gasteiger charge is 2.37. The molecule has 3 unspecified atom stereocenters. The van der Waals surface area contributed by atoms with Crippen LogP contribution in [0.5, 0.6) is 11.5 Å². The van der Waals surface area contributed by atoms with Crippen LogP contribution in [0.25, 0.3) is 0 Å². The quantitative estimate of drug-likeness (QED) is 0.844. The van der Waals surface area contributed by atoms with Gasteiger partial charge in [-0.3, -0.25) is 4.79 Å².